The van der Waals surface area contributed by atoms with E-state index in [2.05, 4.69) is 42.3 Å². The van der Waals surface area contributed by atoms with Gasteiger partial charge in [-0.25, -0.2) is 0 Å². The minimum Gasteiger partial charge on any atom is -0.382 e. The summed E-state index contributed by atoms with van der Waals surface area (Å²) in [5.74, 6) is -0.232. The molecule has 0 radical (unpaired) electrons. The van der Waals surface area contributed by atoms with Crippen molar-refractivity contribution in [1.82, 2.24) is 0 Å². The van der Waals surface area contributed by atoms with Gasteiger partial charge in [0.25, 0.3) is 5.91 Å². The molecular formula is C14H9Br2ClN2O2S. The summed E-state index contributed by atoms with van der Waals surface area (Å²) in [6.07, 6.45) is -0.206. The zero-order chi connectivity index (χ0) is 15.7. The zero-order valence-corrected chi connectivity index (χ0v) is 15.7. The molecule has 1 N–H and O–H groups in total. The Balaban J connectivity index is 1.65. The number of nitrogens with zero attached hydrogens (tertiary/aromatic N) is 1. The summed E-state index contributed by atoms with van der Waals surface area (Å²) in [4.78, 5) is 18.4. The quantitative estimate of drug-likeness (QED) is 0.691. The van der Waals surface area contributed by atoms with Crippen molar-refractivity contribution in [3.63, 3.8) is 0 Å². The standard InChI is InChI=1S/C14H9Br2ClN2O2S/c15-7-1-2-9(8(16)5-7)18-14(20)11-6-10(19-21-11)12-3-4-13(17)22-12/h1-5,11H,6H2,(H,18,20). The third kappa shape index (κ3) is 3.53. The Morgan fingerprint density at radius 1 is 1.36 bits per heavy atom. The molecule has 22 heavy (non-hydrogen) atoms. The summed E-state index contributed by atoms with van der Waals surface area (Å²) in [5, 5.41) is 6.82. The van der Waals surface area contributed by atoms with Crippen LogP contribution in [0.5, 0.6) is 0 Å². The topological polar surface area (TPSA) is 50.7 Å². The molecule has 0 fully saturated rings. The lowest BCUT2D eigenvalue weighted by Gasteiger charge is -2.11. The highest BCUT2D eigenvalue weighted by Crippen LogP contribution is 2.29. The summed E-state index contributed by atoms with van der Waals surface area (Å²) in [6, 6.07) is 9.20. The fraction of sp³-hybridized carbons (Fsp3) is 0.143. The van der Waals surface area contributed by atoms with E-state index in [4.69, 9.17) is 16.4 Å². The van der Waals surface area contributed by atoms with Crippen LogP contribution in [-0.2, 0) is 9.63 Å². The Hall–Kier alpha value is -0.890. The van der Waals surface area contributed by atoms with Crippen molar-refractivity contribution in [2.24, 2.45) is 5.16 Å². The summed E-state index contributed by atoms with van der Waals surface area (Å²) < 4.78 is 2.40. The average molecular weight is 465 g/mol. The molecule has 1 atom stereocenters. The first-order chi connectivity index (χ1) is 10.5. The van der Waals surface area contributed by atoms with Crippen LogP contribution >= 0.6 is 54.8 Å². The molecule has 1 aliphatic rings. The number of halogens is 3. The van der Waals surface area contributed by atoms with Crippen molar-refractivity contribution in [2.45, 2.75) is 12.5 Å². The van der Waals surface area contributed by atoms with E-state index in [-0.39, 0.29) is 5.91 Å². The third-order valence-corrected chi connectivity index (χ3v) is 5.44. The minimum absolute atomic E-state index is 0.232. The SMILES string of the molecule is O=C(Nc1ccc(Br)cc1Br)C1CC(c2ccc(Cl)s2)=NO1. The number of benzene rings is 1. The monoisotopic (exact) mass is 462 g/mol. The lowest BCUT2D eigenvalue weighted by molar-refractivity contribution is -0.125. The molecule has 4 nitrogen and oxygen atoms in total. The largest absolute Gasteiger partial charge is 0.382 e. The fourth-order valence-corrected chi connectivity index (χ4v) is 4.12. The molecule has 1 aromatic heterocycles. The Labute approximate surface area is 152 Å². The predicted octanol–water partition coefficient (Wildman–Crippen LogP) is 5.06. The highest BCUT2D eigenvalue weighted by molar-refractivity contribution is 9.11. The van der Waals surface area contributed by atoms with Gasteiger partial charge in [-0.2, -0.15) is 0 Å². The Bertz CT molecular complexity index is 763. The molecule has 1 amide bonds. The molecular weight excluding hydrogens is 455 g/mol. The number of carbonyl (C=O) groups excluding carboxylic acids is 1. The van der Waals surface area contributed by atoms with Crippen molar-refractivity contribution in [3.05, 3.63) is 48.5 Å². The van der Waals surface area contributed by atoms with Gasteiger partial charge in [0.2, 0.25) is 6.10 Å². The van der Waals surface area contributed by atoms with Gasteiger partial charge in [-0.05, 0) is 46.3 Å². The van der Waals surface area contributed by atoms with Crippen LogP contribution in [0.1, 0.15) is 11.3 Å². The summed E-state index contributed by atoms with van der Waals surface area (Å²) in [5.41, 5.74) is 1.43. The molecule has 1 aromatic carbocycles. The van der Waals surface area contributed by atoms with Gasteiger partial charge in [0.1, 0.15) is 5.71 Å². The minimum atomic E-state index is -0.633. The number of nitrogens with one attached hydrogen (secondary N) is 1. The van der Waals surface area contributed by atoms with E-state index in [0.717, 1.165) is 19.5 Å². The molecule has 1 aliphatic heterocycles. The van der Waals surface area contributed by atoms with E-state index in [9.17, 15) is 4.79 Å². The molecule has 0 bridgehead atoms. The molecule has 2 aromatic rings. The van der Waals surface area contributed by atoms with Crippen LogP contribution in [0.2, 0.25) is 4.34 Å². The second kappa shape index (κ2) is 6.70. The summed E-state index contributed by atoms with van der Waals surface area (Å²) in [6.45, 7) is 0. The van der Waals surface area contributed by atoms with E-state index in [1.54, 1.807) is 6.07 Å². The molecule has 2 heterocycles. The smallest absolute Gasteiger partial charge is 0.268 e. The van der Waals surface area contributed by atoms with Crippen LogP contribution in [0.25, 0.3) is 0 Å². The van der Waals surface area contributed by atoms with Gasteiger partial charge in [-0.15, -0.1) is 11.3 Å². The molecule has 3 rings (SSSR count). The number of amides is 1. The molecule has 0 saturated carbocycles. The van der Waals surface area contributed by atoms with E-state index in [1.807, 2.05) is 24.3 Å². The maximum Gasteiger partial charge on any atom is 0.268 e. The first-order valence-corrected chi connectivity index (χ1v) is 9.05. The summed E-state index contributed by atoms with van der Waals surface area (Å²) in [7, 11) is 0. The maximum absolute atomic E-state index is 12.3. The zero-order valence-electron chi connectivity index (χ0n) is 11.0. The average Bonchev–Trinajstić information content (AvgIpc) is 3.10. The van der Waals surface area contributed by atoms with Crippen LogP contribution in [-0.4, -0.2) is 17.7 Å². The lowest BCUT2D eigenvalue weighted by Crippen LogP contribution is -2.28. The van der Waals surface area contributed by atoms with Crippen molar-refractivity contribution < 1.29 is 9.63 Å². The van der Waals surface area contributed by atoms with Gasteiger partial charge >= 0.3 is 0 Å². The molecule has 0 aliphatic carbocycles. The second-order valence-corrected chi connectivity index (χ2v) is 8.04. The van der Waals surface area contributed by atoms with Gasteiger partial charge in [0, 0.05) is 15.4 Å². The summed E-state index contributed by atoms with van der Waals surface area (Å²) >= 11 is 14.1. The normalized spacial score (nSPS) is 17.0. The number of hydrogen-bond acceptors (Lipinski definition) is 4. The number of rotatable bonds is 3. The predicted molar refractivity (Wildman–Crippen MR) is 95.8 cm³/mol. The van der Waals surface area contributed by atoms with Crippen molar-refractivity contribution in [1.29, 1.82) is 0 Å². The first-order valence-electron chi connectivity index (χ1n) is 6.27. The van der Waals surface area contributed by atoms with Gasteiger partial charge in [0.15, 0.2) is 0 Å². The second-order valence-electron chi connectivity index (χ2n) is 4.55. The van der Waals surface area contributed by atoms with E-state index in [1.165, 1.54) is 11.3 Å². The highest BCUT2D eigenvalue weighted by Gasteiger charge is 2.29. The molecule has 0 spiro atoms. The van der Waals surface area contributed by atoms with E-state index >= 15 is 0 Å². The number of carbonyl (C=O) groups is 1. The Morgan fingerprint density at radius 2 is 2.18 bits per heavy atom. The molecule has 114 valence electrons. The number of anilines is 1. The van der Waals surface area contributed by atoms with Gasteiger partial charge in [-0.3, -0.25) is 4.79 Å². The van der Waals surface area contributed by atoms with Crippen LogP contribution in [0.15, 0.2) is 44.4 Å². The Kier molecular flexibility index (Phi) is 4.87. The van der Waals surface area contributed by atoms with Gasteiger partial charge in [-0.1, -0.05) is 32.7 Å². The van der Waals surface area contributed by atoms with Crippen LogP contribution in [0, 0.1) is 0 Å². The van der Waals surface area contributed by atoms with Crippen molar-refractivity contribution in [3.8, 4) is 0 Å². The molecule has 0 saturated heterocycles. The number of thiophene rings is 1. The van der Waals surface area contributed by atoms with Crippen LogP contribution in [0.4, 0.5) is 5.69 Å². The maximum atomic E-state index is 12.3. The van der Waals surface area contributed by atoms with E-state index < -0.39 is 6.10 Å². The van der Waals surface area contributed by atoms with E-state index in [0.29, 0.717) is 16.4 Å². The van der Waals surface area contributed by atoms with Crippen molar-refractivity contribution in [2.75, 3.05) is 5.32 Å². The molecule has 8 heteroatoms. The highest BCUT2D eigenvalue weighted by atomic mass is 79.9. The van der Waals surface area contributed by atoms with Crippen LogP contribution in [0.3, 0.4) is 0 Å². The molecule has 1 unspecified atom stereocenters. The third-order valence-electron chi connectivity index (χ3n) is 3.01. The van der Waals surface area contributed by atoms with Crippen LogP contribution < -0.4 is 5.32 Å². The lowest BCUT2D eigenvalue weighted by atomic mass is 10.1. The Morgan fingerprint density at radius 3 is 2.86 bits per heavy atom. The number of oxime groups is 1. The number of hydrogen-bond donors (Lipinski definition) is 1. The van der Waals surface area contributed by atoms with Gasteiger partial charge < -0.3 is 10.2 Å². The fourth-order valence-electron chi connectivity index (χ4n) is 1.94. The van der Waals surface area contributed by atoms with Crippen molar-refractivity contribution >= 4 is 72.1 Å². The first kappa shape index (κ1) is 16.0. The van der Waals surface area contributed by atoms with Gasteiger partial charge in [0.05, 0.1) is 14.9 Å².